The molecule has 170 valence electrons. The molecule has 0 N–H and O–H groups in total. The van der Waals surface area contributed by atoms with E-state index in [0.717, 1.165) is 0 Å². The van der Waals surface area contributed by atoms with Crippen molar-refractivity contribution in [2.24, 2.45) is 0 Å². The van der Waals surface area contributed by atoms with E-state index in [-0.39, 0.29) is 42.0 Å². The van der Waals surface area contributed by atoms with Crippen molar-refractivity contribution in [2.45, 2.75) is 71.8 Å². The molecule has 0 aliphatic heterocycles. The van der Waals surface area contributed by atoms with Gasteiger partial charge in [-0.3, -0.25) is 0 Å². The van der Waals surface area contributed by atoms with Gasteiger partial charge in [-0.1, -0.05) is 20.8 Å². The minimum atomic E-state index is -1.97. The summed E-state index contributed by atoms with van der Waals surface area (Å²) in [7, 11) is -0.579. The first-order chi connectivity index (χ1) is 13.6. The van der Waals surface area contributed by atoms with Crippen LogP contribution in [0.2, 0.25) is 18.1 Å². The molecule has 8 nitrogen and oxygen atoms in total. The second-order valence-electron chi connectivity index (χ2n) is 9.66. The number of carboxylic acids is 1. The van der Waals surface area contributed by atoms with E-state index in [1.807, 2.05) is 0 Å². The number of carbonyl (C=O) groups excluding carboxylic acids is 2. The summed E-state index contributed by atoms with van der Waals surface area (Å²) < 4.78 is 17.0. The third-order valence-electron chi connectivity index (χ3n) is 4.98. The molecule has 0 atom stereocenters. The Kier molecular flexibility index (Phi) is 10.8. The van der Waals surface area contributed by atoms with E-state index in [9.17, 15) is 14.7 Å². The summed E-state index contributed by atoms with van der Waals surface area (Å²) in [5.74, 6) is -1.28. The molecule has 31 heavy (non-hydrogen) atoms. The zero-order valence-electron chi connectivity index (χ0n) is 20.6. The summed E-state index contributed by atoms with van der Waals surface area (Å²) in [6.07, 6.45) is -0.493. The average Bonchev–Trinajstić information content (AvgIpc) is 2.58. The molecule has 0 unspecified atom stereocenters. The number of amides is 1. The summed E-state index contributed by atoms with van der Waals surface area (Å²) in [5, 5.41) is 11.1. The van der Waals surface area contributed by atoms with Crippen LogP contribution in [0.15, 0.2) is 12.1 Å². The maximum absolute atomic E-state index is 12.8. The Labute approximate surface area is 199 Å². The van der Waals surface area contributed by atoms with Gasteiger partial charge in [0.1, 0.15) is 5.60 Å². The molecular formula is C21H35LiN2O6Si. The van der Waals surface area contributed by atoms with Gasteiger partial charge < -0.3 is 28.7 Å². The van der Waals surface area contributed by atoms with E-state index >= 15 is 0 Å². The Morgan fingerprint density at radius 3 is 2.16 bits per heavy atom. The molecule has 0 radical (unpaired) electrons. The Bertz CT molecular complexity index is 759. The van der Waals surface area contributed by atoms with Crippen molar-refractivity contribution in [3.8, 4) is 5.88 Å². The van der Waals surface area contributed by atoms with Crippen LogP contribution < -0.4 is 28.7 Å². The molecule has 0 aliphatic carbocycles. The molecule has 10 heteroatoms. The zero-order valence-corrected chi connectivity index (χ0v) is 21.6. The van der Waals surface area contributed by atoms with Crippen LogP contribution in [0.1, 0.15) is 57.6 Å². The SMILES string of the molecule is COc1nc(C(=O)[O-])ccc1CN(CCO[Si](C)(C)C(C)(C)C)C(=O)OC(C)(C)C.[Li+]. The Balaban J connectivity index is 0.00000900. The number of hydrogen-bond donors (Lipinski definition) is 0. The molecule has 0 saturated carbocycles. The van der Waals surface area contributed by atoms with Gasteiger partial charge in [0, 0.05) is 12.1 Å². The average molecular weight is 447 g/mol. The van der Waals surface area contributed by atoms with Crippen molar-refractivity contribution in [3.05, 3.63) is 23.4 Å². The van der Waals surface area contributed by atoms with E-state index in [2.05, 4.69) is 38.8 Å². The molecule has 1 heterocycles. The summed E-state index contributed by atoms with van der Waals surface area (Å²) in [5.41, 5.74) is -0.335. The van der Waals surface area contributed by atoms with Crippen LogP contribution in [-0.2, 0) is 15.7 Å². The third-order valence-corrected chi connectivity index (χ3v) is 9.52. The van der Waals surface area contributed by atoms with Gasteiger partial charge in [-0.2, -0.15) is 0 Å². The first kappa shape index (κ1) is 29.5. The fourth-order valence-electron chi connectivity index (χ4n) is 2.27. The molecule has 0 spiro atoms. The first-order valence-electron chi connectivity index (χ1n) is 9.94. The van der Waals surface area contributed by atoms with E-state index in [1.54, 1.807) is 26.8 Å². The summed E-state index contributed by atoms with van der Waals surface area (Å²) in [6, 6.07) is 2.88. The van der Waals surface area contributed by atoms with Gasteiger partial charge in [-0.05, 0) is 51.0 Å². The van der Waals surface area contributed by atoms with Gasteiger partial charge in [-0.15, -0.1) is 0 Å². The molecule has 1 rings (SSSR count). The zero-order chi connectivity index (χ0) is 23.3. The Hall–Kier alpha value is -1.54. The molecule has 0 saturated heterocycles. The van der Waals surface area contributed by atoms with Crippen LogP contribution >= 0.6 is 0 Å². The molecule has 0 aliphatic rings. The topological polar surface area (TPSA) is 101 Å². The molecule has 1 aromatic rings. The molecule has 0 fully saturated rings. The van der Waals surface area contributed by atoms with Crippen LogP contribution in [-0.4, -0.2) is 56.1 Å². The number of pyridine rings is 1. The normalized spacial score (nSPS) is 12.0. The number of ether oxygens (including phenoxy) is 2. The molecule has 1 aromatic heterocycles. The Morgan fingerprint density at radius 1 is 1.13 bits per heavy atom. The smallest absolute Gasteiger partial charge is 0.543 e. The molecule has 1 amide bonds. The van der Waals surface area contributed by atoms with Crippen molar-refractivity contribution in [1.82, 2.24) is 9.88 Å². The van der Waals surface area contributed by atoms with Gasteiger partial charge in [0.25, 0.3) is 0 Å². The summed E-state index contributed by atoms with van der Waals surface area (Å²) in [4.78, 5) is 29.3. The second kappa shape index (κ2) is 11.4. The predicted molar refractivity (Wildman–Crippen MR) is 115 cm³/mol. The fourth-order valence-corrected chi connectivity index (χ4v) is 3.31. The maximum Gasteiger partial charge on any atom is 1.00 e. The number of rotatable bonds is 8. The summed E-state index contributed by atoms with van der Waals surface area (Å²) >= 11 is 0. The van der Waals surface area contributed by atoms with Crippen molar-refractivity contribution < 1.29 is 47.5 Å². The van der Waals surface area contributed by atoms with Gasteiger partial charge >= 0.3 is 25.0 Å². The van der Waals surface area contributed by atoms with E-state index in [1.165, 1.54) is 18.1 Å². The van der Waals surface area contributed by atoms with Gasteiger partial charge in [0.2, 0.25) is 5.88 Å². The monoisotopic (exact) mass is 446 g/mol. The molecular weight excluding hydrogens is 411 g/mol. The number of carboxylic acid groups (broad SMARTS) is 1. The summed E-state index contributed by atoms with van der Waals surface area (Å²) in [6.45, 7) is 17.0. The van der Waals surface area contributed by atoms with Crippen LogP contribution in [0.5, 0.6) is 5.88 Å². The van der Waals surface area contributed by atoms with Crippen molar-refractivity contribution in [2.75, 3.05) is 20.3 Å². The number of carbonyl (C=O) groups is 2. The van der Waals surface area contributed by atoms with E-state index < -0.39 is 26.0 Å². The van der Waals surface area contributed by atoms with E-state index in [4.69, 9.17) is 13.9 Å². The first-order valence-corrected chi connectivity index (χ1v) is 12.9. The fraction of sp³-hybridized carbons (Fsp3) is 0.667. The predicted octanol–water partition coefficient (Wildman–Crippen LogP) is 0.217. The maximum atomic E-state index is 12.8. The van der Waals surface area contributed by atoms with Crippen molar-refractivity contribution in [3.63, 3.8) is 0 Å². The minimum Gasteiger partial charge on any atom is -0.543 e. The van der Waals surface area contributed by atoms with Gasteiger partial charge in [0.05, 0.1) is 31.9 Å². The number of methoxy groups -OCH3 is 1. The second-order valence-corrected chi connectivity index (χ2v) is 14.5. The largest absolute Gasteiger partial charge is 1.00 e. The third kappa shape index (κ3) is 9.23. The van der Waals surface area contributed by atoms with Gasteiger partial charge in [-0.25, -0.2) is 9.78 Å². The van der Waals surface area contributed by atoms with Crippen LogP contribution in [0.4, 0.5) is 4.79 Å². The minimum absolute atomic E-state index is 0. The van der Waals surface area contributed by atoms with Crippen molar-refractivity contribution >= 4 is 20.4 Å². The van der Waals surface area contributed by atoms with Crippen LogP contribution in [0.25, 0.3) is 0 Å². The van der Waals surface area contributed by atoms with E-state index in [0.29, 0.717) is 18.7 Å². The Morgan fingerprint density at radius 2 is 1.71 bits per heavy atom. The van der Waals surface area contributed by atoms with Gasteiger partial charge in [0.15, 0.2) is 8.32 Å². The number of aromatic nitrogens is 1. The standard InChI is InChI=1S/C21H36N2O6Si.Li/c1-20(2,3)29-19(26)23(12-13-28-30(8,9)21(4,5)6)14-15-10-11-16(18(24)25)22-17(15)27-7;/h10-11H,12-14H2,1-9H3,(H,24,25);/q;+1/p-1. The van der Waals surface area contributed by atoms with Crippen molar-refractivity contribution in [1.29, 1.82) is 0 Å². The number of nitrogens with zero attached hydrogens (tertiary/aromatic N) is 2. The number of hydrogen-bond acceptors (Lipinski definition) is 7. The molecule has 0 bridgehead atoms. The van der Waals surface area contributed by atoms with Crippen LogP contribution in [0.3, 0.4) is 0 Å². The molecule has 0 aromatic carbocycles. The van der Waals surface area contributed by atoms with Crippen LogP contribution in [0, 0.1) is 0 Å². The quantitative estimate of drug-likeness (QED) is 0.527. The number of aromatic carboxylic acids is 1.